The van der Waals surface area contributed by atoms with Gasteiger partial charge in [0.05, 0.1) is 6.61 Å². The predicted octanol–water partition coefficient (Wildman–Crippen LogP) is 0.901. The molecule has 1 N–H and O–H groups in total. The number of carbonyl (C=O) groups is 1. The second kappa shape index (κ2) is 3.83. The zero-order valence-electron chi connectivity index (χ0n) is 7.88. The van der Waals surface area contributed by atoms with Crippen molar-refractivity contribution in [3.63, 3.8) is 0 Å². The maximum Gasteiger partial charge on any atom is 0.315 e. The lowest BCUT2D eigenvalue weighted by atomic mass is 10.2. The summed E-state index contributed by atoms with van der Waals surface area (Å²) in [6.45, 7) is 3.45. The van der Waals surface area contributed by atoms with Crippen LogP contribution >= 0.6 is 0 Å². The molecule has 1 heterocycles. The van der Waals surface area contributed by atoms with Gasteiger partial charge in [-0.3, -0.25) is 4.79 Å². The van der Waals surface area contributed by atoms with E-state index in [1.165, 1.54) is 0 Å². The van der Waals surface area contributed by atoms with Gasteiger partial charge in [0, 0.05) is 4.91 Å². The summed E-state index contributed by atoms with van der Waals surface area (Å²) in [6, 6.07) is -1.23. The van der Waals surface area contributed by atoms with E-state index in [0.717, 1.165) is 0 Å². The molecule has 0 saturated carbocycles. The van der Waals surface area contributed by atoms with Gasteiger partial charge in [0.15, 0.2) is 11.8 Å². The highest BCUT2D eigenvalue weighted by Crippen LogP contribution is 2.25. The van der Waals surface area contributed by atoms with Crippen LogP contribution in [0.4, 0.5) is 0 Å². The molecule has 0 bridgehead atoms. The van der Waals surface area contributed by atoms with Crippen LogP contribution in [0.25, 0.3) is 10.4 Å². The minimum absolute atomic E-state index is 0.114. The number of rotatable bonds is 3. The minimum atomic E-state index is -1.23. The van der Waals surface area contributed by atoms with E-state index in [0.29, 0.717) is 0 Å². The van der Waals surface area contributed by atoms with Crippen LogP contribution in [0, 0.1) is 0 Å². The second-order valence-corrected chi connectivity index (χ2v) is 3.36. The lowest BCUT2D eigenvalue weighted by Gasteiger charge is -2.18. The highest BCUT2D eigenvalue weighted by Gasteiger charge is 2.40. The van der Waals surface area contributed by atoms with E-state index < -0.39 is 23.9 Å². The third-order valence-electron chi connectivity index (χ3n) is 1.81. The van der Waals surface area contributed by atoms with Crippen molar-refractivity contribution in [1.29, 1.82) is 0 Å². The van der Waals surface area contributed by atoms with Crippen LogP contribution in [-0.4, -0.2) is 35.6 Å². The van der Waals surface area contributed by atoms with Gasteiger partial charge in [0.1, 0.15) is 6.10 Å². The molecule has 1 fully saturated rings. The van der Waals surface area contributed by atoms with Crippen LogP contribution in [0.15, 0.2) is 5.11 Å². The number of ether oxygens (including phenoxy) is 2. The Morgan fingerprint density at radius 2 is 2.43 bits per heavy atom. The van der Waals surface area contributed by atoms with Crippen LogP contribution in [-0.2, 0) is 14.3 Å². The zero-order chi connectivity index (χ0) is 10.8. The molecule has 0 aromatic heterocycles. The molecule has 0 radical (unpaired) electrons. The highest BCUT2D eigenvalue weighted by molar-refractivity contribution is 5.74. The van der Waals surface area contributed by atoms with Crippen molar-refractivity contribution in [2.45, 2.75) is 31.8 Å². The monoisotopic (exact) mass is 201 g/mol. The zero-order valence-corrected chi connectivity index (χ0v) is 7.88. The van der Waals surface area contributed by atoms with Crippen molar-refractivity contribution >= 4 is 5.97 Å². The molecule has 1 unspecified atom stereocenters. The topological polar surface area (TPSA) is 105 Å². The number of aliphatic carboxylic acids is 1. The maximum atomic E-state index is 10.7. The third-order valence-corrected chi connectivity index (χ3v) is 1.81. The molecular weight excluding hydrogens is 190 g/mol. The SMILES string of the molecule is CC1(C)OC[C@H](C(N=[N+]=[N-])C(=O)O)O1. The summed E-state index contributed by atoms with van der Waals surface area (Å²) in [4.78, 5) is 13.1. The molecule has 0 spiro atoms. The largest absolute Gasteiger partial charge is 0.481 e. The Labute approximate surface area is 80.2 Å². The lowest BCUT2D eigenvalue weighted by Crippen LogP contribution is -2.35. The molecule has 1 saturated heterocycles. The van der Waals surface area contributed by atoms with E-state index in [9.17, 15) is 4.79 Å². The highest BCUT2D eigenvalue weighted by atomic mass is 16.7. The van der Waals surface area contributed by atoms with Gasteiger partial charge in [-0.05, 0) is 19.4 Å². The van der Waals surface area contributed by atoms with E-state index in [2.05, 4.69) is 10.0 Å². The Morgan fingerprint density at radius 3 is 2.79 bits per heavy atom. The summed E-state index contributed by atoms with van der Waals surface area (Å²) in [6.07, 6.45) is -0.724. The van der Waals surface area contributed by atoms with Gasteiger partial charge in [0.25, 0.3) is 0 Å². The van der Waals surface area contributed by atoms with E-state index in [4.69, 9.17) is 20.1 Å². The molecular formula is C7H11N3O4. The van der Waals surface area contributed by atoms with Crippen molar-refractivity contribution in [3.8, 4) is 0 Å². The van der Waals surface area contributed by atoms with Gasteiger partial charge >= 0.3 is 5.97 Å². The van der Waals surface area contributed by atoms with Gasteiger partial charge in [-0.15, -0.1) is 0 Å². The summed E-state index contributed by atoms with van der Waals surface area (Å²) in [5, 5.41) is 11.9. The average Bonchev–Trinajstić information content (AvgIpc) is 2.41. The van der Waals surface area contributed by atoms with Crippen molar-refractivity contribution in [1.82, 2.24) is 0 Å². The Hall–Kier alpha value is -1.30. The molecule has 14 heavy (non-hydrogen) atoms. The molecule has 78 valence electrons. The molecule has 1 aliphatic heterocycles. The molecule has 7 nitrogen and oxygen atoms in total. The number of azide groups is 1. The summed E-state index contributed by atoms with van der Waals surface area (Å²) < 4.78 is 10.4. The summed E-state index contributed by atoms with van der Waals surface area (Å²) in [7, 11) is 0. The average molecular weight is 201 g/mol. The molecule has 7 heteroatoms. The van der Waals surface area contributed by atoms with Crippen LogP contribution in [0.3, 0.4) is 0 Å². The maximum absolute atomic E-state index is 10.7. The Kier molecular flexibility index (Phi) is 2.95. The standard InChI is InChI=1S/C7H11N3O4/c1-7(2)13-3-4(14-7)5(6(11)12)9-10-8/h4-5H,3H2,1-2H3,(H,11,12)/t4-,5?/m1/s1. The van der Waals surface area contributed by atoms with E-state index in [-0.39, 0.29) is 6.61 Å². The third kappa shape index (κ3) is 2.35. The van der Waals surface area contributed by atoms with Crippen molar-refractivity contribution in [2.24, 2.45) is 5.11 Å². The van der Waals surface area contributed by atoms with E-state index >= 15 is 0 Å². The Morgan fingerprint density at radius 1 is 1.79 bits per heavy atom. The first kappa shape index (κ1) is 10.8. The Balaban J connectivity index is 2.72. The normalized spacial score (nSPS) is 26.6. The van der Waals surface area contributed by atoms with Crippen molar-refractivity contribution in [3.05, 3.63) is 10.4 Å². The van der Waals surface area contributed by atoms with Gasteiger partial charge < -0.3 is 14.6 Å². The fourth-order valence-electron chi connectivity index (χ4n) is 1.21. The smallest absolute Gasteiger partial charge is 0.315 e. The number of nitrogens with zero attached hydrogens (tertiary/aromatic N) is 3. The van der Waals surface area contributed by atoms with Crippen LogP contribution in [0.2, 0.25) is 0 Å². The van der Waals surface area contributed by atoms with Crippen LogP contribution in [0.5, 0.6) is 0 Å². The first-order valence-corrected chi connectivity index (χ1v) is 4.05. The second-order valence-electron chi connectivity index (χ2n) is 3.36. The summed E-state index contributed by atoms with van der Waals surface area (Å²) in [5.74, 6) is -2.03. The predicted molar refractivity (Wildman–Crippen MR) is 45.5 cm³/mol. The number of carboxylic acids is 1. The molecule has 0 aromatic carbocycles. The minimum Gasteiger partial charge on any atom is -0.481 e. The number of hydrogen-bond acceptors (Lipinski definition) is 4. The van der Waals surface area contributed by atoms with Crippen LogP contribution in [0.1, 0.15) is 13.8 Å². The first-order valence-electron chi connectivity index (χ1n) is 4.05. The van der Waals surface area contributed by atoms with Gasteiger partial charge in [-0.25, -0.2) is 0 Å². The molecule has 0 aliphatic carbocycles. The van der Waals surface area contributed by atoms with Crippen molar-refractivity contribution < 1.29 is 19.4 Å². The van der Waals surface area contributed by atoms with Gasteiger partial charge in [-0.2, -0.15) is 0 Å². The fourth-order valence-corrected chi connectivity index (χ4v) is 1.21. The van der Waals surface area contributed by atoms with Crippen LogP contribution < -0.4 is 0 Å². The molecule has 0 amide bonds. The molecule has 2 atom stereocenters. The number of hydrogen-bond donors (Lipinski definition) is 1. The molecule has 0 aromatic rings. The lowest BCUT2D eigenvalue weighted by molar-refractivity contribution is -0.152. The van der Waals surface area contributed by atoms with Crippen molar-refractivity contribution in [2.75, 3.05) is 6.61 Å². The quantitative estimate of drug-likeness (QED) is 0.416. The van der Waals surface area contributed by atoms with E-state index in [1.807, 2.05) is 0 Å². The first-order chi connectivity index (χ1) is 6.46. The van der Waals surface area contributed by atoms with E-state index in [1.54, 1.807) is 13.8 Å². The summed E-state index contributed by atoms with van der Waals surface area (Å²) in [5.41, 5.74) is 8.17. The fraction of sp³-hybridized carbons (Fsp3) is 0.857. The summed E-state index contributed by atoms with van der Waals surface area (Å²) >= 11 is 0. The molecule has 1 rings (SSSR count). The van der Waals surface area contributed by atoms with Gasteiger partial charge in [0.2, 0.25) is 0 Å². The molecule has 1 aliphatic rings. The number of carboxylic acid groups (broad SMARTS) is 1. The Bertz CT molecular complexity index is 283. The van der Waals surface area contributed by atoms with Gasteiger partial charge in [-0.1, -0.05) is 5.11 Å².